The Bertz CT molecular complexity index is 1710. The van der Waals surface area contributed by atoms with E-state index in [1.165, 1.54) is 16.0 Å². The van der Waals surface area contributed by atoms with Gasteiger partial charge >= 0.3 is 5.97 Å². The van der Waals surface area contributed by atoms with Gasteiger partial charge in [0.1, 0.15) is 16.5 Å². The number of allylic oxidation sites excluding steroid dienone is 1. The van der Waals surface area contributed by atoms with Crippen molar-refractivity contribution in [2.75, 3.05) is 31.2 Å². The van der Waals surface area contributed by atoms with E-state index >= 15 is 0 Å². The highest BCUT2D eigenvalue weighted by Gasteiger charge is 2.38. The molecule has 238 valence electrons. The molecule has 45 heavy (non-hydrogen) atoms. The molecular formula is C35H43N5O4S. The van der Waals surface area contributed by atoms with E-state index in [1.54, 1.807) is 11.3 Å². The predicted molar refractivity (Wildman–Crippen MR) is 177 cm³/mol. The summed E-state index contributed by atoms with van der Waals surface area (Å²) >= 11 is 1.65. The van der Waals surface area contributed by atoms with Gasteiger partial charge in [0.25, 0.3) is 0 Å². The largest absolute Gasteiger partial charge is 0.464 e. The number of rotatable bonds is 4. The van der Waals surface area contributed by atoms with Crippen molar-refractivity contribution in [3.8, 4) is 10.7 Å². The first-order chi connectivity index (χ1) is 21.5. The van der Waals surface area contributed by atoms with Crippen LogP contribution in [0.5, 0.6) is 0 Å². The summed E-state index contributed by atoms with van der Waals surface area (Å²) in [5.74, 6) is 0.370. The third-order valence-electron chi connectivity index (χ3n) is 8.45. The molecule has 4 aromatic rings. The standard InChI is InChI=1S/C35H43N5O4S/c1-7-42-33(41)30(44-34(3,4)5)29-23(2)37-28-21-27-31-36-22-26(45-31)20-25-14-9-8-12-24(25)13-10-11-19-43-35(6)15-17-39(18-16-35)32(29)40(28)38-27/h8-12,14,21-22,30H,7,13,15-20H2,1-6H3. The molecule has 1 saturated heterocycles. The van der Waals surface area contributed by atoms with E-state index in [1.807, 2.05) is 51.4 Å². The van der Waals surface area contributed by atoms with Crippen molar-refractivity contribution in [2.45, 2.75) is 84.5 Å². The van der Waals surface area contributed by atoms with Gasteiger partial charge in [0.15, 0.2) is 11.8 Å². The molecule has 0 spiro atoms. The number of carbonyl (C=O) groups is 1. The van der Waals surface area contributed by atoms with Crippen molar-refractivity contribution in [2.24, 2.45) is 0 Å². The Hall–Kier alpha value is -3.60. The number of anilines is 1. The maximum absolute atomic E-state index is 13.5. The Kier molecular flexibility index (Phi) is 8.83. The minimum atomic E-state index is -0.965. The van der Waals surface area contributed by atoms with Crippen LogP contribution in [-0.4, -0.2) is 63.1 Å². The van der Waals surface area contributed by atoms with Gasteiger partial charge in [-0.2, -0.15) is 9.61 Å². The Morgan fingerprint density at radius 2 is 1.91 bits per heavy atom. The molecule has 6 heterocycles. The zero-order valence-corrected chi connectivity index (χ0v) is 27.9. The fourth-order valence-corrected chi connectivity index (χ4v) is 7.01. The van der Waals surface area contributed by atoms with Crippen molar-refractivity contribution in [3.63, 3.8) is 0 Å². The van der Waals surface area contributed by atoms with Crippen LogP contribution in [-0.2, 0) is 31.8 Å². The van der Waals surface area contributed by atoms with Crippen LogP contribution in [0.15, 0.2) is 48.7 Å². The summed E-state index contributed by atoms with van der Waals surface area (Å²) in [6.45, 7) is 14.0. The van der Waals surface area contributed by atoms with Crippen LogP contribution in [0.3, 0.4) is 0 Å². The minimum absolute atomic E-state index is 0.253. The Labute approximate surface area is 269 Å². The number of hydrogen-bond acceptors (Lipinski definition) is 9. The highest BCUT2D eigenvalue weighted by molar-refractivity contribution is 7.15. The van der Waals surface area contributed by atoms with E-state index in [4.69, 9.17) is 29.3 Å². The van der Waals surface area contributed by atoms with Crippen molar-refractivity contribution in [3.05, 3.63) is 75.9 Å². The van der Waals surface area contributed by atoms with Gasteiger partial charge in [-0.1, -0.05) is 36.4 Å². The van der Waals surface area contributed by atoms with E-state index in [2.05, 4.69) is 48.2 Å². The molecule has 1 unspecified atom stereocenters. The lowest BCUT2D eigenvalue weighted by molar-refractivity contribution is -0.166. The summed E-state index contributed by atoms with van der Waals surface area (Å²) in [7, 11) is 0. The van der Waals surface area contributed by atoms with Gasteiger partial charge in [0, 0.05) is 42.3 Å². The molecule has 10 heteroatoms. The van der Waals surface area contributed by atoms with Gasteiger partial charge in [-0.3, -0.25) is 0 Å². The molecule has 0 radical (unpaired) electrons. The van der Waals surface area contributed by atoms with Crippen LogP contribution in [0.4, 0.5) is 5.82 Å². The van der Waals surface area contributed by atoms with E-state index in [0.717, 1.165) is 55.3 Å². The quantitative estimate of drug-likeness (QED) is 0.183. The molecule has 3 aliphatic rings. The summed E-state index contributed by atoms with van der Waals surface area (Å²) in [6, 6.07) is 10.6. The maximum atomic E-state index is 13.5. The number of piperidine rings is 1. The molecule has 0 N–H and O–H groups in total. The van der Waals surface area contributed by atoms with Crippen LogP contribution in [0.2, 0.25) is 0 Å². The molecule has 3 aliphatic heterocycles. The number of thiazole rings is 1. The lowest BCUT2D eigenvalue weighted by Crippen LogP contribution is -2.45. The number of fused-ring (bicyclic) bond motifs is 5. The molecule has 0 amide bonds. The average Bonchev–Trinajstić information content (AvgIpc) is 3.63. The second-order valence-corrected chi connectivity index (χ2v) is 14.2. The number of carbonyl (C=O) groups excluding carboxylic acids is 1. The van der Waals surface area contributed by atoms with Gasteiger partial charge in [0.2, 0.25) is 0 Å². The van der Waals surface area contributed by atoms with Crippen molar-refractivity contribution < 1.29 is 19.0 Å². The predicted octanol–water partition coefficient (Wildman–Crippen LogP) is 6.66. The topological polar surface area (TPSA) is 91.1 Å². The maximum Gasteiger partial charge on any atom is 0.340 e. The first-order valence-corrected chi connectivity index (χ1v) is 16.7. The SMILES string of the molecule is CCOC(=O)C(OC(C)(C)C)c1c(C)nc2cc3nn2c1N1CCC(C)(CC1)OCC=CCc1ccccc1Cc1cnc-3s1. The fraction of sp³-hybridized carbons (Fsp3) is 0.486. The molecule has 3 aromatic heterocycles. The lowest BCUT2D eigenvalue weighted by Gasteiger charge is -2.41. The van der Waals surface area contributed by atoms with Crippen molar-refractivity contribution in [1.29, 1.82) is 0 Å². The number of aryl methyl sites for hydroxylation is 1. The monoisotopic (exact) mass is 629 g/mol. The van der Waals surface area contributed by atoms with Gasteiger partial charge in [-0.05, 0) is 71.9 Å². The minimum Gasteiger partial charge on any atom is -0.464 e. The van der Waals surface area contributed by atoms with E-state index in [9.17, 15) is 4.79 Å². The fourth-order valence-electron chi connectivity index (χ4n) is 6.11. The molecular weight excluding hydrogens is 586 g/mol. The van der Waals surface area contributed by atoms with Crippen molar-refractivity contribution >= 4 is 28.8 Å². The zero-order valence-electron chi connectivity index (χ0n) is 27.1. The first-order valence-electron chi connectivity index (χ1n) is 15.8. The number of ether oxygens (including phenoxy) is 3. The normalized spacial score (nSPS) is 17.5. The summed E-state index contributed by atoms with van der Waals surface area (Å²) in [4.78, 5) is 26.7. The third kappa shape index (κ3) is 6.83. The van der Waals surface area contributed by atoms with Crippen LogP contribution in [0, 0.1) is 6.92 Å². The number of hydrogen-bond donors (Lipinski definition) is 0. The van der Waals surface area contributed by atoms with Gasteiger partial charge in [0.05, 0.1) is 30.0 Å². The van der Waals surface area contributed by atoms with Crippen LogP contribution in [0.1, 0.15) is 80.8 Å². The Morgan fingerprint density at radius 3 is 2.64 bits per heavy atom. The van der Waals surface area contributed by atoms with E-state index in [0.29, 0.717) is 23.5 Å². The van der Waals surface area contributed by atoms with Gasteiger partial charge < -0.3 is 19.1 Å². The highest BCUT2D eigenvalue weighted by atomic mass is 32.1. The number of aromatic nitrogens is 4. The zero-order chi connectivity index (χ0) is 31.8. The number of benzene rings is 1. The first kappa shape index (κ1) is 31.4. The molecule has 1 atom stereocenters. The van der Waals surface area contributed by atoms with Crippen LogP contribution in [0.25, 0.3) is 16.3 Å². The Morgan fingerprint density at radius 1 is 1.16 bits per heavy atom. The lowest BCUT2D eigenvalue weighted by atomic mass is 9.92. The number of esters is 1. The molecule has 7 rings (SSSR count). The van der Waals surface area contributed by atoms with E-state index in [-0.39, 0.29) is 12.2 Å². The molecule has 1 aromatic carbocycles. The smallest absolute Gasteiger partial charge is 0.340 e. The summed E-state index contributed by atoms with van der Waals surface area (Å²) < 4.78 is 20.3. The third-order valence-corrected chi connectivity index (χ3v) is 9.47. The highest BCUT2D eigenvalue weighted by Crippen LogP contribution is 2.39. The van der Waals surface area contributed by atoms with Crippen LogP contribution < -0.4 is 4.90 Å². The van der Waals surface area contributed by atoms with Gasteiger partial charge in [-0.25, -0.2) is 14.8 Å². The Balaban J connectivity index is 1.51. The second-order valence-electron chi connectivity index (χ2n) is 13.1. The molecule has 0 saturated carbocycles. The molecule has 9 nitrogen and oxygen atoms in total. The average molecular weight is 630 g/mol. The molecule has 1 fully saturated rings. The van der Waals surface area contributed by atoms with E-state index < -0.39 is 17.7 Å². The summed E-state index contributed by atoms with van der Waals surface area (Å²) in [5, 5.41) is 5.93. The summed E-state index contributed by atoms with van der Waals surface area (Å²) in [6.07, 6.45) is 8.63. The second kappa shape index (κ2) is 12.7. The van der Waals surface area contributed by atoms with Gasteiger partial charge in [-0.15, -0.1) is 11.3 Å². The molecule has 0 aliphatic carbocycles. The molecule has 6 bridgehead atoms. The number of nitrogens with zero attached hydrogens (tertiary/aromatic N) is 5. The van der Waals surface area contributed by atoms with Crippen LogP contribution >= 0.6 is 11.3 Å². The summed E-state index contributed by atoms with van der Waals surface area (Å²) in [5.41, 5.74) is 4.56. The van der Waals surface area contributed by atoms with Crippen molar-refractivity contribution in [1.82, 2.24) is 19.6 Å².